The molecule has 0 atom stereocenters. The summed E-state index contributed by atoms with van der Waals surface area (Å²) in [4.78, 5) is 37.5. The Morgan fingerprint density at radius 3 is 2.37 bits per heavy atom. The third kappa shape index (κ3) is 5.57. The number of amides is 1. The van der Waals surface area contributed by atoms with Crippen LogP contribution < -0.4 is 26.6 Å². The number of imidazole rings is 1. The number of ether oxygens (including phenoxy) is 2. The molecule has 43 heavy (non-hydrogen) atoms. The van der Waals surface area contributed by atoms with Crippen molar-refractivity contribution >= 4 is 28.5 Å². The molecule has 0 aliphatic heterocycles. The molecule has 1 aliphatic carbocycles. The lowest BCUT2D eigenvalue weighted by atomic mass is 10.0. The first kappa shape index (κ1) is 27.7. The van der Waals surface area contributed by atoms with Crippen molar-refractivity contribution < 1.29 is 14.3 Å². The summed E-state index contributed by atoms with van der Waals surface area (Å²) >= 11 is 0. The number of hydrogen-bond acceptors (Lipinski definition) is 8. The Morgan fingerprint density at radius 2 is 1.70 bits per heavy atom. The number of carbonyl (C=O) groups excluding carboxylic acids is 1. The van der Waals surface area contributed by atoms with E-state index in [-0.39, 0.29) is 5.82 Å². The molecular weight excluding hydrogens is 546 g/mol. The molecule has 1 saturated carbocycles. The summed E-state index contributed by atoms with van der Waals surface area (Å²) in [6.07, 6.45) is 5.39. The zero-order chi connectivity index (χ0) is 30.1. The van der Waals surface area contributed by atoms with Crippen LogP contribution >= 0.6 is 0 Å². The Morgan fingerprint density at radius 1 is 0.977 bits per heavy atom. The van der Waals surface area contributed by atoms with Gasteiger partial charge in [0.15, 0.2) is 11.5 Å². The van der Waals surface area contributed by atoms with Gasteiger partial charge in [0.25, 0.3) is 0 Å². The summed E-state index contributed by atoms with van der Waals surface area (Å²) in [5.74, 6) is 1.29. The van der Waals surface area contributed by atoms with Gasteiger partial charge in [-0.15, -0.1) is 0 Å². The van der Waals surface area contributed by atoms with E-state index in [0.29, 0.717) is 63.5 Å². The van der Waals surface area contributed by atoms with Crippen molar-refractivity contribution in [1.82, 2.24) is 24.0 Å². The number of anilines is 1. The van der Waals surface area contributed by atoms with Gasteiger partial charge in [-0.1, -0.05) is 24.3 Å². The first-order chi connectivity index (χ1) is 20.8. The summed E-state index contributed by atoms with van der Waals surface area (Å²) in [7, 11) is 3.53. The Bertz CT molecular complexity index is 1890. The lowest BCUT2D eigenvalue weighted by Gasteiger charge is -2.15. The van der Waals surface area contributed by atoms with Crippen LogP contribution in [0.1, 0.15) is 18.4 Å². The van der Waals surface area contributed by atoms with Crippen LogP contribution in [0.5, 0.6) is 17.2 Å². The van der Waals surface area contributed by atoms with Crippen LogP contribution in [0, 0.1) is 0 Å². The molecule has 5 aromatic rings. The van der Waals surface area contributed by atoms with Gasteiger partial charge in [-0.25, -0.2) is 19.3 Å². The van der Waals surface area contributed by atoms with Crippen molar-refractivity contribution in [2.24, 2.45) is 5.73 Å². The van der Waals surface area contributed by atoms with E-state index in [1.165, 1.54) is 22.6 Å². The number of nitrogens with zero attached hydrogens (tertiary/aromatic N) is 5. The molecule has 6 rings (SSSR count). The number of benzene rings is 3. The molecule has 218 valence electrons. The zero-order valence-corrected chi connectivity index (χ0v) is 23.8. The van der Waals surface area contributed by atoms with Gasteiger partial charge in [-0.2, -0.15) is 0 Å². The average molecular weight is 578 g/mol. The van der Waals surface area contributed by atoms with E-state index in [0.717, 1.165) is 12.8 Å². The maximum absolute atomic E-state index is 14.1. The number of carbonyl (C=O) groups is 1. The second-order valence-corrected chi connectivity index (χ2v) is 10.4. The predicted molar refractivity (Wildman–Crippen MR) is 165 cm³/mol. The summed E-state index contributed by atoms with van der Waals surface area (Å²) < 4.78 is 14.4. The van der Waals surface area contributed by atoms with Crippen LogP contribution in [0.2, 0.25) is 0 Å². The highest BCUT2D eigenvalue weighted by molar-refractivity contribution is 6.19. The maximum Gasteiger partial charge on any atom is 0.339 e. The largest absolute Gasteiger partial charge is 0.497 e. The molecule has 0 saturated heterocycles. The van der Waals surface area contributed by atoms with Gasteiger partial charge in [-0.05, 0) is 74.0 Å². The molecule has 0 radical (unpaired) electrons. The molecule has 2 aromatic heterocycles. The van der Waals surface area contributed by atoms with Gasteiger partial charge < -0.3 is 20.9 Å². The molecule has 1 aliphatic rings. The van der Waals surface area contributed by atoms with Crippen LogP contribution in [0.15, 0.2) is 90.0 Å². The van der Waals surface area contributed by atoms with Gasteiger partial charge in [0, 0.05) is 24.2 Å². The number of primary amides is 1. The van der Waals surface area contributed by atoms with Gasteiger partial charge in [0.2, 0.25) is 5.91 Å². The minimum absolute atomic E-state index is 0.134. The molecule has 1 fully saturated rings. The first-order valence-electron chi connectivity index (χ1n) is 13.8. The highest BCUT2D eigenvalue weighted by Crippen LogP contribution is 2.30. The Hall–Kier alpha value is -5.42. The van der Waals surface area contributed by atoms with Crippen LogP contribution in [0.25, 0.3) is 28.1 Å². The molecule has 4 N–H and O–H groups in total. The fraction of sp³-hybridized carbons (Fsp3) is 0.188. The van der Waals surface area contributed by atoms with Gasteiger partial charge >= 0.3 is 5.69 Å². The van der Waals surface area contributed by atoms with Crippen molar-refractivity contribution in [3.05, 3.63) is 101 Å². The summed E-state index contributed by atoms with van der Waals surface area (Å²) in [5, 5.41) is 0. The number of rotatable bonds is 10. The van der Waals surface area contributed by atoms with Crippen molar-refractivity contribution in [3.63, 3.8) is 0 Å². The first-order valence-corrected chi connectivity index (χ1v) is 13.8. The monoisotopic (exact) mass is 577 g/mol. The molecule has 0 bridgehead atoms. The number of nitrogen functional groups attached to an aromatic ring is 1. The highest BCUT2D eigenvalue weighted by atomic mass is 16.5. The number of aromatic nitrogens is 4. The van der Waals surface area contributed by atoms with Gasteiger partial charge in [-0.3, -0.25) is 14.3 Å². The average Bonchev–Trinajstić information content (AvgIpc) is 3.81. The molecule has 0 spiro atoms. The quantitative estimate of drug-likeness (QED) is 0.238. The van der Waals surface area contributed by atoms with Gasteiger partial charge in [0.05, 0.1) is 18.5 Å². The molecule has 0 unspecified atom stereocenters. The maximum atomic E-state index is 14.1. The van der Waals surface area contributed by atoms with E-state index < -0.39 is 11.6 Å². The van der Waals surface area contributed by atoms with Crippen molar-refractivity contribution in [2.45, 2.75) is 18.9 Å². The molecular formula is C32H31N7O4. The topological polar surface area (TPSA) is 144 Å². The number of nitrogens with two attached hydrogens (primary N) is 2. The minimum atomic E-state index is -0.581. The Balaban J connectivity index is 1.46. The molecule has 11 heteroatoms. The van der Waals surface area contributed by atoms with Crippen LogP contribution in [-0.4, -0.2) is 56.7 Å². The predicted octanol–water partition coefficient (Wildman–Crippen LogP) is 3.92. The Labute approximate surface area is 247 Å². The standard InChI is InChI=1S/C32H31N7O4/c1-37(21-8-9-21)15-14-27(30(34)40)20-16-23(18-26(17-20)42-2)39-31-28(29(33)35-19-36-31)38(32(39)41)22-10-12-25(13-11-22)43-24-6-4-3-5-7-24/h3-7,10-14,16-19,21H,8-9,15H2,1-2H3,(H2,34,40)(H2,33,35,36). The number of likely N-dealkylation sites (N-methyl/N-ethyl adjacent to an activating group) is 1. The summed E-state index contributed by atoms with van der Waals surface area (Å²) in [6, 6.07) is 22.1. The number of fused-ring (bicyclic) bond motifs is 1. The van der Waals surface area contributed by atoms with Crippen LogP contribution in [-0.2, 0) is 4.79 Å². The van der Waals surface area contributed by atoms with E-state index >= 15 is 0 Å². The normalized spacial score (nSPS) is 13.4. The molecule has 11 nitrogen and oxygen atoms in total. The second kappa shape index (κ2) is 11.5. The zero-order valence-electron chi connectivity index (χ0n) is 23.8. The third-order valence-electron chi connectivity index (χ3n) is 7.44. The minimum Gasteiger partial charge on any atom is -0.497 e. The van der Waals surface area contributed by atoms with Crippen molar-refractivity contribution in [1.29, 1.82) is 0 Å². The molecule has 1 amide bonds. The highest BCUT2D eigenvalue weighted by Gasteiger charge is 2.26. The van der Waals surface area contributed by atoms with E-state index in [4.69, 9.17) is 20.9 Å². The lowest BCUT2D eigenvalue weighted by molar-refractivity contribution is -0.112. The van der Waals surface area contributed by atoms with E-state index in [2.05, 4.69) is 14.9 Å². The van der Waals surface area contributed by atoms with E-state index in [9.17, 15) is 9.59 Å². The number of hydrogen-bond donors (Lipinski definition) is 2. The smallest absolute Gasteiger partial charge is 0.339 e. The fourth-order valence-electron chi connectivity index (χ4n) is 5.05. The van der Waals surface area contributed by atoms with Gasteiger partial charge in [0.1, 0.15) is 29.1 Å². The van der Waals surface area contributed by atoms with Crippen molar-refractivity contribution in [2.75, 3.05) is 26.4 Å². The summed E-state index contributed by atoms with van der Waals surface area (Å²) in [6.45, 7) is 0.558. The Kier molecular flexibility index (Phi) is 7.39. The van der Waals surface area contributed by atoms with E-state index in [1.807, 2.05) is 43.5 Å². The summed E-state index contributed by atoms with van der Waals surface area (Å²) in [5.41, 5.74) is 14.1. The second-order valence-electron chi connectivity index (χ2n) is 10.4. The SMILES string of the molecule is COc1cc(C(=CCN(C)C2CC2)C(N)=O)cc(-n2c(=O)n(-c3ccc(Oc4ccccc4)cc3)c3c(N)ncnc32)c1. The number of methoxy groups -OCH3 is 1. The third-order valence-corrected chi connectivity index (χ3v) is 7.44. The fourth-order valence-corrected chi connectivity index (χ4v) is 5.05. The van der Waals surface area contributed by atoms with Crippen LogP contribution in [0.3, 0.4) is 0 Å². The van der Waals surface area contributed by atoms with Crippen molar-refractivity contribution in [3.8, 4) is 28.6 Å². The number of para-hydroxylation sites is 1. The van der Waals surface area contributed by atoms with E-state index in [1.54, 1.807) is 42.5 Å². The van der Waals surface area contributed by atoms with Crippen LogP contribution in [0.4, 0.5) is 5.82 Å². The molecule has 3 aromatic carbocycles. The molecule has 2 heterocycles. The lowest BCUT2D eigenvalue weighted by Crippen LogP contribution is -2.23.